The molecule has 0 aliphatic carbocycles. The summed E-state index contributed by atoms with van der Waals surface area (Å²) in [5.41, 5.74) is 0.567. The summed E-state index contributed by atoms with van der Waals surface area (Å²) in [5, 5.41) is 11.1. The maximum Gasteiger partial charge on any atom is 0.411 e. The van der Waals surface area contributed by atoms with Crippen LogP contribution in [0.5, 0.6) is 0 Å². The first-order valence-electron chi connectivity index (χ1n) is 6.06. The maximum absolute atomic E-state index is 13.2. The fraction of sp³-hybridized carbons (Fsp3) is 0.0667. The van der Waals surface area contributed by atoms with Crippen molar-refractivity contribution >= 4 is 17.7 Å². The highest BCUT2D eigenvalue weighted by Crippen LogP contribution is 2.14. The average molecular weight is 289 g/mol. The van der Waals surface area contributed by atoms with E-state index in [-0.39, 0.29) is 17.9 Å². The minimum atomic E-state index is -1.28. The summed E-state index contributed by atoms with van der Waals surface area (Å²) in [6.07, 6.45) is -0.791. The third-order valence-corrected chi connectivity index (χ3v) is 2.60. The topological polar surface area (TPSA) is 75.6 Å². The smallest absolute Gasteiger partial charge is 0.411 e. The van der Waals surface area contributed by atoms with Gasteiger partial charge in [-0.3, -0.25) is 5.32 Å². The van der Waals surface area contributed by atoms with E-state index >= 15 is 0 Å². The lowest BCUT2D eigenvalue weighted by atomic mass is 10.2. The predicted molar refractivity (Wildman–Crippen MR) is 73.6 cm³/mol. The zero-order chi connectivity index (χ0) is 15.2. The zero-order valence-corrected chi connectivity index (χ0v) is 10.9. The maximum atomic E-state index is 13.2. The number of carbonyl (C=O) groups is 2. The molecule has 0 spiro atoms. The Morgan fingerprint density at radius 3 is 2.52 bits per heavy atom. The molecule has 2 N–H and O–H groups in total. The van der Waals surface area contributed by atoms with Crippen LogP contribution in [0.4, 0.5) is 14.9 Å². The van der Waals surface area contributed by atoms with Crippen molar-refractivity contribution in [3.05, 3.63) is 65.5 Å². The van der Waals surface area contributed by atoms with Gasteiger partial charge in [0.15, 0.2) is 0 Å². The first-order chi connectivity index (χ1) is 10.0. The molecule has 0 bridgehead atoms. The van der Waals surface area contributed by atoms with E-state index in [0.29, 0.717) is 0 Å². The predicted octanol–water partition coefficient (Wildman–Crippen LogP) is 3.27. The Hall–Kier alpha value is -2.89. The molecule has 6 heteroatoms. The van der Waals surface area contributed by atoms with Crippen molar-refractivity contribution < 1.29 is 23.8 Å². The number of carboxylic acid groups (broad SMARTS) is 1. The lowest BCUT2D eigenvalue weighted by molar-refractivity contribution is 0.0696. The third kappa shape index (κ3) is 4.31. The van der Waals surface area contributed by atoms with E-state index in [2.05, 4.69) is 5.32 Å². The number of hydrogen-bond donors (Lipinski definition) is 2. The van der Waals surface area contributed by atoms with E-state index in [0.717, 1.165) is 23.8 Å². The molecule has 2 aromatic rings. The summed E-state index contributed by atoms with van der Waals surface area (Å²) in [7, 11) is 0. The number of benzene rings is 2. The number of ether oxygens (including phenoxy) is 1. The monoisotopic (exact) mass is 289 g/mol. The SMILES string of the molecule is O=C(Nc1cc(F)cc(C(=O)O)c1)OCc1ccccc1. The van der Waals surface area contributed by atoms with Crippen LogP contribution in [0, 0.1) is 5.82 Å². The molecule has 108 valence electrons. The highest BCUT2D eigenvalue weighted by Gasteiger charge is 2.10. The van der Waals surface area contributed by atoms with Gasteiger partial charge in [-0.2, -0.15) is 0 Å². The molecule has 2 rings (SSSR count). The van der Waals surface area contributed by atoms with E-state index in [4.69, 9.17) is 9.84 Å². The first-order valence-corrected chi connectivity index (χ1v) is 6.06. The fourth-order valence-electron chi connectivity index (χ4n) is 1.66. The summed E-state index contributed by atoms with van der Waals surface area (Å²) in [4.78, 5) is 22.4. The molecule has 1 amide bonds. The summed E-state index contributed by atoms with van der Waals surface area (Å²) < 4.78 is 18.2. The number of carboxylic acids is 1. The summed E-state index contributed by atoms with van der Waals surface area (Å²) >= 11 is 0. The Balaban J connectivity index is 1.98. The van der Waals surface area contributed by atoms with E-state index in [1.54, 1.807) is 12.1 Å². The number of anilines is 1. The molecule has 2 aromatic carbocycles. The Morgan fingerprint density at radius 2 is 1.86 bits per heavy atom. The number of rotatable bonds is 4. The van der Waals surface area contributed by atoms with Crippen LogP contribution in [-0.2, 0) is 11.3 Å². The fourth-order valence-corrected chi connectivity index (χ4v) is 1.66. The van der Waals surface area contributed by atoms with Gasteiger partial charge in [-0.25, -0.2) is 14.0 Å². The minimum absolute atomic E-state index is 0.0189. The largest absolute Gasteiger partial charge is 0.478 e. The Bertz CT molecular complexity index is 658. The molecule has 0 aromatic heterocycles. The molecule has 0 radical (unpaired) electrons. The lowest BCUT2D eigenvalue weighted by Gasteiger charge is -2.08. The third-order valence-electron chi connectivity index (χ3n) is 2.60. The van der Waals surface area contributed by atoms with Crippen LogP contribution in [0.2, 0.25) is 0 Å². The standard InChI is InChI=1S/C15H12FNO4/c16-12-6-11(14(18)19)7-13(8-12)17-15(20)21-9-10-4-2-1-3-5-10/h1-8H,9H2,(H,17,20)(H,18,19). The Labute approximate surface area is 120 Å². The molecule has 5 nitrogen and oxygen atoms in total. The van der Waals surface area contributed by atoms with Gasteiger partial charge in [0, 0.05) is 5.69 Å². The van der Waals surface area contributed by atoms with Crippen LogP contribution in [0.15, 0.2) is 48.5 Å². The molecular formula is C15H12FNO4. The normalized spacial score (nSPS) is 9.95. The van der Waals surface area contributed by atoms with Gasteiger partial charge in [-0.15, -0.1) is 0 Å². The molecule has 0 saturated carbocycles. The van der Waals surface area contributed by atoms with Crippen LogP contribution in [-0.4, -0.2) is 17.2 Å². The van der Waals surface area contributed by atoms with Gasteiger partial charge < -0.3 is 9.84 Å². The van der Waals surface area contributed by atoms with Gasteiger partial charge >= 0.3 is 12.1 Å². The second kappa shape index (κ2) is 6.51. The van der Waals surface area contributed by atoms with Crippen molar-refractivity contribution in [2.45, 2.75) is 6.61 Å². The van der Waals surface area contributed by atoms with Gasteiger partial charge in [0.2, 0.25) is 0 Å². The van der Waals surface area contributed by atoms with Crippen LogP contribution < -0.4 is 5.32 Å². The molecule has 0 aliphatic heterocycles. The van der Waals surface area contributed by atoms with Crippen molar-refractivity contribution in [3.8, 4) is 0 Å². The Kier molecular flexibility index (Phi) is 4.50. The van der Waals surface area contributed by atoms with Crippen molar-refractivity contribution in [1.82, 2.24) is 0 Å². The summed E-state index contributed by atoms with van der Waals surface area (Å²) in [6, 6.07) is 12.1. The number of nitrogens with one attached hydrogen (secondary N) is 1. The quantitative estimate of drug-likeness (QED) is 0.905. The molecule has 0 saturated heterocycles. The number of aromatic carboxylic acids is 1. The van der Waals surface area contributed by atoms with Crippen molar-refractivity contribution in [1.29, 1.82) is 0 Å². The highest BCUT2D eigenvalue weighted by molar-refractivity contribution is 5.91. The van der Waals surface area contributed by atoms with Crippen molar-refractivity contribution in [2.24, 2.45) is 0 Å². The second-order valence-corrected chi connectivity index (χ2v) is 4.22. The number of halogens is 1. The zero-order valence-electron chi connectivity index (χ0n) is 10.9. The van der Waals surface area contributed by atoms with Gasteiger partial charge in [0.05, 0.1) is 5.56 Å². The van der Waals surface area contributed by atoms with Crippen molar-refractivity contribution in [2.75, 3.05) is 5.32 Å². The molecule has 0 heterocycles. The molecule has 0 aliphatic rings. The number of amides is 1. The average Bonchev–Trinajstić information content (AvgIpc) is 2.45. The number of hydrogen-bond acceptors (Lipinski definition) is 3. The minimum Gasteiger partial charge on any atom is -0.478 e. The van der Waals surface area contributed by atoms with Gasteiger partial charge in [-0.05, 0) is 23.8 Å². The van der Waals surface area contributed by atoms with Crippen LogP contribution >= 0.6 is 0 Å². The van der Waals surface area contributed by atoms with E-state index in [1.165, 1.54) is 0 Å². The van der Waals surface area contributed by atoms with Crippen molar-refractivity contribution in [3.63, 3.8) is 0 Å². The lowest BCUT2D eigenvalue weighted by Crippen LogP contribution is -2.14. The molecule has 21 heavy (non-hydrogen) atoms. The summed E-state index contributed by atoms with van der Waals surface area (Å²) in [5.74, 6) is -2.04. The second-order valence-electron chi connectivity index (χ2n) is 4.22. The van der Waals surface area contributed by atoms with E-state index < -0.39 is 17.9 Å². The molecular weight excluding hydrogens is 277 g/mol. The first kappa shape index (κ1) is 14.5. The molecule has 0 unspecified atom stereocenters. The van der Waals surface area contributed by atoms with Crippen LogP contribution in [0.1, 0.15) is 15.9 Å². The van der Waals surface area contributed by atoms with E-state index in [9.17, 15) is 14.0 Å². The highest BCUT2D eigenvalue weighted by atomic mass is 19.1. The molecule has 0 atom stereocenters. The molecule has 0 fully saturated rings. The number of carbonyl (C=O) groups excluding carboxylic acids is 1. The van der Waals surface area contributed by atoms with Gasteiger partial charge in [0.25, 0.3) is 0 Å². The summed E-state index contributed by atoms with van der Waals surface area (Å²) in [6.45, 7) is 0.0633. The van der Waals surface area contributed by atoms with E-state index in [1.807, 2.05) is 18.2 Å². The van der Waals surface area contributed by atoms with Crippen LogP contribution in [0.3, 0.4) is 0 Å². The van der Waals surface area contributed by atoms with Gasteiger partial charge in [-0.1, -0.05) is 30.3 Å². The Morgan fingerprint density at radius 1 is 1.14 bits per heavy atom. The van der Waals surface area contributed by atoms with Crippen LogP contribution in [0.25, 0.3) is 0 Å². The van der Waals surface area contributed by atoms with Gasteiger partial charge in [0.1, 0.15) is 12.4 Å².